The van der Waals surface area contributed by atoms with Gasteiger partial charge in [0.25, 0.3) is 0 Å². The van der Waals surface area contributed by atoms with Crippen molar-refractivity contribution in [3.05, 3.63) is 47.9 Å². The summed E-state index contributed by atoms with van der Waals surface area (Å²) in [7, 11) is 0. The number of benzene rings is 1. The predicted octanol–water partition coefficient (Wildman–Crippen LogP) is 3.00. The third-order valence-electron chi connectivity index (χ3n) is 3.82. The highest BCUT2D eigenvalue weighted by atomic mass is 19.1. The van der Waals surface area contributed by atoms with Gasteiger partial charge in [-0.1, -0.05) is 0 Å². The Kier molecular flexibility index (Phi) is 4.88. The van der Waals surface area contributed by atoms with Gasteiger partial charge in [0.15, 0.2) is 0 Å². The molecule has 1 atom stereocenters. The van der Waals surface area contributed by atoms with Gasteiger partial charge in [0.05, 0.1) is 12.2 Å². The molecule has 2 aromatic rings. The molecule has 24 heavy (non-hydrogen) atoms. The molecule has 1 N–H and O–H groups in total. The maximum atomic E-state index is 12.9. The Bertz CT molecular complexity index is 691. The highest BCUT2D eigenvalue weighted by Gasteiger charge is 2.25. The molecule has 1 unspecified atom stereocenters. The topological polar surface area (TPSA) is 67.3 Å². The summed E-state index contributed by atoms with van der Waals surface area (Å²) in [6.45, 7) is 2.99. The molecular weight excluding hydrogens is 311 g/mol. The molecule has 7 heteroatoms. The summed E-state index contributed by atoms with van der Waals surface area (Å²) in [5.41, 5.74) is 1.39. The molecule has 1 aliphatic rings. The molecule has 0 aliphatic carbocycles. The third-order valence-corrected chi connectivity index (χ3v) is 3.82. The van der Waals surface area contributed by atoms with Crippen LogP contribution in [0.2, 0.25) is 0 Å². The molecule has 6 nitrogen and oxygen atoms in total. The summed E-state index contributed by atoms with van der Waals surface area (Å²) in [6.07, 6.45) is 1.59. The van der Waals surface area contributed by atoms with E-state index in [1.54, 1.807) is 11.0 Å². The fraction of sp³-hybridized carbons (Fsp3) is 0.353. The van der Waals surface area contributed by atoms with E-state index in [-0.39, 0.29) is 18.0 Å². The monoisotopic (exact) mass is 330 g/mol. The third kappa shape index (κ3) is 4.18. The number of likely N-dealkylation sites (tertiary alicyclic amines) is 1. The van der Waals surface area contributed by atoms with Gasteiger partial charge in [0, 0.05) is 18.3 Å². The van der Waals surface area contributed by atoms with Crippen molar-refractivity contribution in [2.24, 2.45) is 0 Å². The number of rotatable bonds is 3. The largest absolute Gasteiger partial charge is 0.471 e. The maximum Gasteiger partial charge on any atom is 0.321 e. The molecule has 3 rings (SSSR count). The number of ether oxygens (including phenoxy) is 1. The Morgan fingerprint density at radius 3 is 2.75 bits per heavy atom. The van der Waals surface area contributed by atoms with Gasteiger partial charge in [-0.15, -0.1) is 5.10 Å². The van der Waals surface area contributed by atoms with E-state index in [0.717, 1.165) is 18.5 Å². The van der Waals surface area contributed by atoms with E-state index in [0.29, 0.717) is 24.7 Å². The lowest BCUT2D eigenvalue weighted by molar-refractivity contribution is 0.102. The van der Waals surface area contributed by atoms with E-state index < -0.39 is 0 Å². The number of hydrogen-bond acceptors (Lipinski definition) is 4. The first-order valence-corrected chi connectivity index (χ1v) is 7.88. The first-order valence-electron chi connectivity index (χ1n) is 7.88. The molecule has 0 radical (unpaired) electrons. The van der Waals surface area contributed by atoms with Crippen molar-refractivity contribution in [3.8, 4) is 5.88 Å². The van der Waals surface area contributed by atoms with Gasteiger partial charge in [0.2, 0.25) is 5.88 Å². The first-order chi connectivity index (χ1) is 11.6. The highest BCUT2D eigenvalue weighted by molar-refractivity contribution is 5.89. The Balaban J connectivity index is 1.57. The van der Waals surface area contributed by atoms with Crippen LogP contribution in [-0.4, -0.2) is 40.3 Å². The molecule has 1 aliphatic heterocycles. The second kappa shape index (κ2) is 7.25. The minimum atomic E-state index is -0.335. The Labute approximate surface area is 139 Å². The number of piperidine rings is 1. The fourth-order valence-corrected chi connectivity index (χ4v) is 2.57. The zero-order chi connectivity index (χ0) is 16.9. The van der Waals surface area contributed by atoms with E-state index in [9.17, 15) is 9.18 Å². The zero-order valence-electron chi connectivity index (χ0n) is 13.4. The second-order valence-electron chi connectivity index (χ2n) is 5.78. The number of carbonyl (C=O) groups excluding carboxylic acids is 1. The van der Waals surface area contributed by atoms with Crippen LogP contribution in [0, 0.1) is 12.7 Å². The first kappa shape index (κ1) is 16.2. The van der Waals surface area contributed by atoms with E-state index in [1.165, 1.54) is 24.3 Å². The fourth-order valence-electron chi connectivity index (χ4n) is 2.57. The van der Waals surface area contributed by atoms with Crippen molar-refractivity contribution in [1.82, 2.24) is 15.1 Å². The predicted molar refractivity (Wildman–Crippen MR) is 87.4 cm³/mol. The van der Waals surface area contributed by atoms with Crippen LogP contribution in [0.3, 0.4) is 0 Å². The van der Waals surface area contributed by atoms with Gasteiger partial charge in [-0.2, -0.15) is 5.10 Å². The Morgan fingerprint density at radius 2 is 2.04 bits per heavy atom. The van der Waals surface area contributed by atoms with Crippen molar-refractivity contribution in [2.45, 2.75) is 25.9 Å². The summed E-state index contributed by atoms with van der Waals surface area (Å²) in [6, 6.07) is 9.09. The normalized spacial score (nSPS) is 17.4. The molecule has 0 bridgehead atoms. The summed E-state index contributed by atoms with van der Waals surface area (Å²) >= 11 is 0. The number of aromatic nitrogens is 2. The lowest BCUT2D eigenvalue weighted by atomic mass is 10.1. The molecule has 1 saturated heterocycles. The second-order valence-corrected chi connectivity index (χ2v) is 5.78. The summed E-state index contributed by atoms with van der Waals surface area (Å²) < 4.78 is 18.7. The van der Waals surface area contributed by atoms with Crippen LogP contribution in [0.4, 0.5) is 14.9 Å². The standard InChI is InChI=1S/C17H19FN4O2/c1-12-4-9-16(21-20-12)24-15-3-2-10-22(11-15)17(23)19-14-7-5-13(18)6-8-14/h4-9,15H,2-3,10-11H2,1H3,(H,19,23). The van der Waals surface area contributed by atoms with Crippen molar-refractivity contribution < 1.29 is 13.9 Å². The molecule has 1 fully saturated rings. The molecule has 0 spiro atoms. The van der Waals surface area contributed by atoms with Crippen LogP contribution >= 0.6 is 0 Å². The number of halogens is 1. The highest BCUT2D eigenvalue weighted by Crippen LogP contribution is 2.18. The van der Waals surface area contributed by atoms with Crippen molar-refractivity contribution >= 4 is 11.7 Å². The number of amides is 2. The lowest BCUT2D eigenvalue weighted by Crippen LogP contribution is -2.46. The Morgan fingerprint density at radius 1 is 1.25 bits per heavy atom. The Hall–Kier alpha value is -2.70. The smallest absolute Gasteiger partial charge is 0.321 e. The number of carbonyl (C=O) groups is 1. The zero-order valence-corrected chi connectivity index (χ0v) is 13.4. The van der Waals surface area contributed by atoms with Crippen molar-refractivity contribution in [1.29, 1.82) is 0 Å². The number of anilines is 1. The van der Waals surface area contributed by atoms with Gasteiger partial charge < -0.3 is 15.0 Å². The average Bonchev–Trinajstić information content (AvgIpc) is 2.59. The van der Waals surface area contributed by atoms with Crippen molar-refractivity contribution in [3.63, 3.8) is 0 Å². The van der Waals surface area contributed by atoms with Crippen LogP contribution < -0.4 is 10.1 Å². The van der Waals surface area contributed by atoms with Gasteiger partial charge in [0.1, 0.15) is 11.9 Å². The molecule has 2 heterocycles. The molecule has 126 valence electrons. The summed E-state index contributed by atoms with van der Waals surface area (Å²) in [5.74, 6) is 0.130. The van der Waals surface area contributed by atoms with Crippen LogP contribution in [0.25, 0.3) is 0 Å². The number of nitrogens with one attached hydrogen (secondary N) is 1. The van der Waals surface area contributed by atoms with Gasteiger partial charge >= 0.3 is 6.03 Å². The van der Waals surface area contributed by atoms with Crippen LogP contribution in [0.15, 0.2) is 36.4 Å². The van der Waals surface area contributed by atoms with E-state index in [1.807, 2.05) is 13.0 Å². The van der Waals surface area contributed by atoms with Crippen LogP contribution in [0.5, 0.6) is 5.88 Å². The van der Waals surface area contributed by atoms with Crippen molar-refractivity contribution in [2.75, 3.05) is 18.4 Å². The molecular formula is C17H19FN4O2. The van der Waals surface area contributed by atoms with Gasteiger partial charge in [-0.25, -0.2) is 9.18 Å². The molecule has 2 amide bonds. The number of nitrogens with zero attached hydrogens (tertiary/aromatic N) is 3. The molecule has 1 aromatic carbocycles. The minimum Gasteiger partial charge on any atom is -0.471 e. The van der Waals surface area contributed by atoms with E-state index in [2.05, 4.69) is 15.5 Å². The molecule has 0 saturated carbocycles. The minimum absolute atomic E-state index is 0.116. The summed E-state index contributed by atoms with van der Waals surface area (Å²) in [4.78, 5) is 14.0. The van der Waals surface area contributed by atoms with Crippen LogP contribution in [-0.2, 0) is 0 Å². The van der Waals surface area contributed by atoms with Crippen LogP contribution in [0.1, 0.15) is 18.5 Å². The van der Waals surface area contributed by atoms with Gasteiger partial charge in [-0.05, 0) is 50.1 Å². The molecule has 1 aromatic heterocycles. The summed E-state index contributed by atoms with van der Waals surface area (Å²) in [5, 5.41) is 10.7. The average molecular weight is 330 g/mol. The number of aryl methyl sites for hydroxylation is 1. The SMILES string of the molecule is Cc1ccc(OC2CCCN(C(=O)Nc3ccc(F)cc3)C2)nn1. The number of urea groups is 1. The van der Waals surface area contributed by atoms with Gasteiger partial charge in [-0.3, -0.25) is 0 Å². The maximum absolute atomic E-state index is 12.9. The quantitative estimate of drug-likeness (QED) is 0.939. The van der Waals surface area contributed by atoms with E-state index in [4.69, 9.17) is 4.74 Å². The lowest BCUT2D eigenvalue weighted by Gasteiger charge is -2.32. The number of hydrogen-bond donors (Lipinski definition) is 1. The van der Waals surface area contributed by atoms with E-state index >= 15 is 0 Å².